The van der Waals surface area contributed by atoms with Gasteiger partial charge in [-0.2, -0.15) is 0 Å². The fourth-order valence-electron chi connectivity index (χ4n) is 5.54. The molecule has 0 aliphatic carbocycles. The molecule has 2 aliphatic rings. The average molecular weight is 534 g/mol. The van der Waals surface area contributed by atoms with Crippen molar-refractivity contribution in [2.24, 2.45) is 5.92 Å². The molecule has 200 valence electrons. The molecule has 0 spiro atoms. The van der Waals surface area contributed by atoms with E-state index in [1.807, 2.05) is 0 Å². The second-order valence-corrected chi connectivity index (χ2v) is 11.7. The molecule has 0 saturated carbocycles. The Kier molecular flexibility index (Phi) is 7.71. The van der Waals surface area contributed by atoms with E-state index in [9.17, 15) is 9.59 Å². The highest BCUT2D eigenvalue weighted by molar-refractivity contribution is 7.18. The molecule has 5 rings (SSSR count). The Bertz CT molecular complexity index is 1350. The van der Waals surface area contributed by atoms with Crippen LogP contribution in [0, 0.1) is 11.3 Å². The van der Waals surface area contributed by atoms with Crippen LogP contribution in [0.15, 0.2) is 30.6 Å². The van der Waals surface area contributed by atoms with Gasteiger partial charge in [0.05, 0.1) is 38.8 Å². The zero-order valence-corrected chi connectivity index (χ0v) is 22.8. The minimum atomic E-state index is -0.757. The van der Waals surface area contributed by atoms with Crippen LogP contribution in [0.2, 0.25) is 0 Å². The van der Waals surface area contributed by atoms with Crippen molar-refractivity contribution in [1.29, 1.82) is 5.41 Å². The van der Waals surface area contributed by atoms with E-state index in [4.69, 9.17) is 16.1 Å². The molecule has 2 aromatic heterocycles. The number of rotatable bonds is 6. The molecule has 10 heteroatoms. The normalized spacial score (nSPS) is 20.9. The monoisotopic (exact) mass is 533 g/mol. The van der Waals surface area contributed by atoms with Crippen molar-refractivity contribution in [3.8, 4) is 0 Å². The first kappa shape index (κ1) is 26.2. The predicted octanol–water partition coefficient (Wildman–Crippen LogP) is 4.41. The van der Waals surface area contributed by atoms with Gasteiger partial charge in [-0.3, -0.25) is 14.6 Å². The van der Waals surface area contributed by atoms with Gasteiger partial charge in [0.2, 0.25) is 0 Å². The number of nitrogens with one attached hydrogen (secondary N) is 2. The van der Waals surface area contributed by atoms with E-state index in [1.165, 1.54) is 38.3 Å². The number of nitrogen functional groups attached to an aromatic ring is 1. The Morgan fingerprint density at radius 1 is 1.26 bits per heavy atom. The Morgan fingerprint density at radius 2 is 2.05 bits per heavy atom. The number of hydrogen-bond acceptors (Lipinski definition) is 8. The minimum Gasteiger partial charge on any atom is -0.396 e. The van der Waals surface area contributed by atoms with Gasteiger partial charge in [0.25, 0.3) is 0 Å². The molecular formula is C28H35N7O2S. The number of pyridine rings is 1. The molecule has 3 aromatic rings. The predicted molar refractivity (Wildman–Crippen MR) is 152 cm³/mol. The molecule has 1 aromatic carbocycles. The fraction of sp³-hybridized carbons (Fsp3) is 0.464. The van der Waals surface area contributed by atoms with Gasteiger partial charge < -0.3 is 26.3 Å². The van der Waals surface area contributed by atoms with E-state index in [-0.39, 0.29) is 23.3 Å². The Labute approximate surface area is 226 Å². The Balaban J connectivity index is 1.35. The third kappa shape index (κ3) is 5.42. The summed E-state index contributed by atoms with van der Waals surface area (Å²) in [7, 11) is 0. The zero-order chi connectivity index (χ0) is 26.8. The van der Waals surface area contributed by atoms with Gasteiger partial charge in [0.15, 0.2) is 0 Å². The van der Waals surface area contributed by atoms with E-state index in [0.29, 0.717) is 18.0 Å². The highest BCUT2D eigenvalue weighted by Gasteiger charge is 2.35. The third-order valence-corrected chi connectivity index (χ3v) is 8.93. The molecule has 2 saturated heterocycles. The fourth-order valence-corrected chi connectivity index (χ4v) is 6.53. The maximum absolute atomic E-state index is 13.4. The number of benzene rings is 1. The first-order valence-corrected chi connectivity index (χ1v) is 14.1. The van der Waals surface area contributed by atoms with Crippen LogP contribution in [0.25, 0.3) is 10.2 Å². The van der Waals surface area contributed by atoms with Crippen LogP contribution in [0.5, 0.6) is 0 Å². The minimum absolute atomic E-state index is 0.204. The summed E-state index contributed by atoms with van der Waals surface area (Å²) >= 11 is 1.75. The lowest BCUT2D eigenvalue weighted by molar-refractivity contribution is -0.146. The van der Waals surface area contributed by atoms with Gasteiger partial charge in [0, 0.05) is 37.0 Å². The van der Waals surface area contributed by atoms with Crippen molar-refractivity contribution in [2.45, 2.75) is 51.5 Å². The second-order valence-electron chi connectivity index (χ2n) is 10.6. The summed E-state index contributed by atoms with van der Waals surface area (Å²) in [4.78, 5) is 39.6. The van der Waals surface area contributed by atoms with Crippen LogP contribution in [0.1, 0.15) is 67.6 Å². The first-order chi connectivity index (χ1) is 18.3. The number of likely N-dealkylation sites (tertiary alicyclic amines) is 2. The van der Waals surface area contributed by atoms with Crippen molar-refractivity contribution in [1.82, 2.24) is 19.8 Å². The summed E-state index contributed by atoms with van der Waals surface area (Å²) in [5.74, 6) is -0.691. The average Bonchev–Trinajstić information content (AvgIpc) is 3.59. The standard InChI is InChI=1S/C28H35N7O2S/c1-17-5-7-23(35(15-17)28(37)26(36)32-22-14-31-13-20(12-29)25(22)30)19-6-8-24-21(11-19)33-27(38-24)18(2)16-34-9-3-4-10-34/h6,8,11-14,17-18,23,29H,3-5,7,9-10,15-16H2,1-2H3,(H2,30,31)(H,32,36)/t17-,18+,23+/m0/s1. The van der Waals surface area contributed by atoms with Crippen molar-refractivity contribution < 1.29 is 9.59 Å². The van der Waals surface area contributed by atoms with Gasteiger partial charge in [-0.05, 0) is 62.4 Å². The van der Waals surface area contributed by atoms with Gasteiger partial charge in [0.1, 0.15) is 0 Å². The maximum Gasteiger partial charge on any atom is 0.314 e. The lowest BCUT2D eigenvalue weighted by atomic mass is 9.89. The number of nitrogens with two attached hydrogens (primary N) is 1. The third-order valence-electron chi connectivity index (χ3n) is 7.66. The van der Waals surface area contributed by atoms with Crippen LogP contribution >= 0.6 is 11.3 Å². The van der Waals surface area contributed by atoms with E-state index in [1.54, 1.807) is 16.2 Å². The highest BCUT2D eigenvalue weighted by Crippen LogP contribution is 2.36. The number of fused-ring (bicyclic) bond motifs is 1. The molecule has 0 unspecified atom stereocenters. The molecule has 2 fully saturated rings. The number of aromatic nitrogens is 2. The van der Waals surface area contributed by atoms with Gasteiger partial charge in [-0.1, -0.05) is 19.9 Å². The Morgan fingerprint density at radius 3 is 2.82 bits per heavy atom. The van der Waals surface area contributed by atoms with E-state index < -0.39 is 11.8 Å². The SMILES string of the molecule is C[C@H]1CC[C@H](c2ccc3sc([C@H](C)CN4CCCC4)nc3c2)N(C(=O)C(=O)Nc2cncc(C=N)c2N)C1. The lowest BCUT2D eigenvalue weighted by Gasteiger charge is -2.38. The van der Waals surface area contributed by atoms with Gasteiger partial charge >= 0.3 is 11.8 Å². The first-order valence-electron chi connectivity index (χ1n) is 13.3. The van der Waals surface area contributed by atoms with Crippen LogP contribution < -0.4 is 11.1 Å². The van der Waals surface area contributed by atoms with Crippen molar-refractivity contribution >= 4 is 51.0 Å². The number of amides is 2. The second kappa shape index (κ2) is 11.2. The molecule has 0 bridgehead atoms. The number of hydrogen-bond donors (Lipinski definition) is 3. The summed E-state index contributed by atoms with van der Waals surface area (Å²) in [6.07, 6.45) is 8.21. The molecular weight excluding hydrogens is 498 g/mol. The van der Waals surface area contributed by atoms with Gasteiger partial charge in [-0.25, -0.2) is 4.98 Å². The zero-order valence-electron chi connectivity index (χ0n) is 21.9. The molecule has 4 N–H and O–H groups in total. The number of thiazole rings is 1. The summed E-state index contributed by atoms with van der Waals surface area (Å²) in [5, 5.41) is 11.2. The van der Waals surface area contributed by atoms with Crippen molar-refractivity contribution in [2.75, 3.05) is 37.2 Å². The van der Waals surface area contributed by atoms with Crippen molar-refractivity contribution in [3.05, 3.63) is 46.7 Å². The molecule has 4 heterocycles. The molecule has 2 aliphatic heterocycles. The molecule has 3 atom stereocenters. The van der Waals surface area contributed by atoms with Crippen LogP contribution in [0.4, 0.5) is 11.4 Å². The largest absolute Gasteiger partial charge is 0.396 e. The maximum atomic E-state index is 13.4. The summed E-state index contributed by atoms with van der Waals surface area (Å²) in [6.45, 7) is 8.23. The summed E-state index contributed by atoms with van der Waals surface area (Å²) in [6, 6.07) is 6.06. The number of anilines is 2. The summed E-state index contributed by atoms with van der Waals surface area (Å²) in [5.41, 5.74) is 8.82. The quantitative estimate of drug-likeness (QED) is 0.318. The lowest BCUT2D eigenvalue weighted by Crippen LogP contribution is -2.46. The van der Waals surface area contributed by atoms with Crippen LogP contribution in [-0.4, -0.2) is 64.0 Å². The summed E-state index contributed by atoms with van der Waals surface area (Å²) < 4.78 is 1.14. The van der Waals surface area contributed by atoms with E-state index in [0.717, 1.165) is 46.4 Å². The highest BCUT2D eigenvalue weighted by atomic mass is 32.1. The van der Waals surface area contributed by atoms with E-state index in [2.05, 4.69) is 47.2 Å². The number of piperidine rings is 1. The Hall–Kier alpha value is -3.37. The number of carbonyl (C=O) groups excluding carboxylic acids is 2. The topological polar surface area (TPSA) is 128 Å². The van der Waals surface area contributed by atoms with E-state index >= 15 is 0 Å². The van der Waals surface area contributed by atoms with Gasteiger partial charge in [-0.15, -0.1) is 11.3 Å². The van der Waals surface area contributed by atoms with Crippen molar-refractivity contribution in [3.63, 3.8) is 0 Å². The number of nitrogens with zero attached hydrogens (tertiary/aromatic N) is 4. The molecule has 9 nitrogen and oxygen atoms in total. The molecule has 38 heavy (non-hydrogen) atoms. The molecule has 0 radical (unpaired) electrons. The smallest absolute Gasteiger partial charge is 0.314 e. The molecule has 2 amide bonds. The number of carbonyl (C=O) groups is 2. The van der Waals surface area contributed by atoms with Crippen LogP contribution in [0.3, 0.4) is 0 Å². The van der Waals surface area contributed by atoms with Crippen LogP contribution in [-0.2, 0) is 9.59 Å².